The minimum Gasteiger partial charge on any atom is -0.358 e. The van der Waals surface area contributed by atoms with Gasteiger partial charge in [-0.25, -0.2) is 0 Å². The SMILES string of the molecule is CC(C)(C)[N]=[Nb].CCC1CC[CH-]CC1.CCC1CC[CH-]CC1.[CH3-]. The van der Waals surface area contributed by atoms with Gasteiger partial charge in [0.25, 0.3) is 0 Å². The molecular weight excluding hydrogens is 359 g/mol. The van der Waals surface area contributed by atoms with Crippen molar-refractivity contribution in [2.45, 2.75) is 104 Å². The van der Waals surface area contributed by atoms with Crippen LogP contribution in [0.2, 0.25) is 0 Å². The summed E-state index contributed by atoms with van der Waals surface area (Å²) in [5.74, 6) is 2.11. The molecule has 2 aliphatic rings. The van der Waals surface area contributed by atoms with Crippen molar-refractivity contribution >= 4 is 0 Å². The molecule has 0 aromatic rings. The van der Waals surface area contributed by atoms with Gasteiger partial charge < -0.3 is 20.3 Å². The van der Waals surface area contributed by atoms with Gasteiger partial charge in [0.05, 0.1) is 0 Å². The molecule has 2 saturated carbocycles. The molecule has 0 radical (unpaired) electrons. The van der Waals surface area contributed by atoms with Crippen molar-refractivity contribution in [3.05, 3.63) is 20.3 Å². The number of rotatable bonds is 2. The van der Waals surface area contributed by atoms with Crippen molar-refractivity contribution in [1.29, 1.82) is 0 Å². The Morgan fingerprint density at radius 2 is 1.09 bits per heavy atom. The van der Waals surface area contributed by atoms with Gasteiger partial charge in [-0.2, -0.15) is 25.7 Å². The van der Waals surface area contributed by atoms with E-state index in [1.807, 2.05) is 0 Å². The van der Waals surface area contributed by atoms with Crippen molar-refractivity contribution in [3.8, 4) is 0 Å². The van der Waals surface area contributed by atoms with E-state index in [4.69, 9.17) is 0 Å². The summed E-state index contributed by atoms with van der Waals surface area (Å²) in [7, 11) is 0. The fourth-order valence-electron chi connectivity index (χ4n) is 2.81. The molecule has 0 saturated heterocycles. The Bertz CT molecular complexity index is 227. The molecule has 139 valence electrons. The smallest absolute Gasteiger partial charge is 0.0465 e. The van der Waals surface area contributed by atoms with E-state index in [9.17, 15) is 0 Å². The molecule has 2 rings (SSSR count). The van der Waals surface area contributed by atoms with Gasteiger partial charge in [-0.15, -0.1) is 0 Å². The van der Waals surface area contributed by atoms with Crippen molar-refractivity contribution in [2.75, 3.05) is 0 Å². The first-order valence-electron chi connectivity index (χ1n) is 9.42. The Labute approximate surface area is 160 Å². The van der Waals surface area contributed by atoms with E-state index < -0.39 is 0 Å². The first-order valence-corrected chi connectivity index (χ1v) is 10.4. The Morgan fingerprint density at radius 3 is 1.22 bits per heavy atom. The number of hydrogen-bond donors (Lipinski definition) is 0. The molecule has 0 heterocycles. The van der Waals surface area contributed by atoms with E-state index >= 15 is 0 Å². The molecule has 2 aliphatic carbocycles. The topological polar surface area (TPSA) is 12.4 Å². The second-order valence-corrected chi connectivity index (χ2v) is 8.20. The van der Waals surface area contributed by atoms with E-state index in [1.54, 1.807) is 0 Å². The van der Waals surface area contributed by atoms with Gasteiger partial charge in [-0.05, 0) is 11.8 Å². The van der Waals surface area contributed by atoms with Crippen LogP contribution >= 0.6 is 0 Å². The molecule has 1 nitrogen and oxygen atoms in total. The van der Waals surface area contributed by atoms with Crippen molar-refractivity contribution < 1.29 is 20.9 Å². The molecule has 0 aromatic heterocycles. The standard InChI is InChI=1S/2C8H15.C4H9N.CH3.Nb/c2*1-2-8-6-4-3-5-7-8;1-4(2,3)5;;/h2*3,8H,2,4-7H2,1H3;1-3H3;1H3;/q2*-1;;-1;. The largest absolute Gasteiger partial charge is 0.358 e. The molecular formula is C21H42NNb-3. The van der Waals surface area contributed by atoms with Crippen molar-refractivity contribution in [3.63, 3.8) is 0 Å². The van der Waals surface area contributed by atoms with Crippen molar-refractivity contribution in [1.82, 2.24) is 0 Å². The van der Waals surface area contributed by atoms with Gasteiger partial charge in [-0.1, -0.05) is 52.4 Å². The maximum absolute atomic E-state index is 4.07. The van der Waals surface area contributed by atoms with Gasteiger partial charge in [0.2, 0.25) is 0 Å². The summed E-state index contributed by atoms with van der Waals surface area (Å²) in [6.45, 7) is 10.9. The first-order chi connectivity index (χ1) is 10.4. The third-order valence-electron chi connectivity index (χ3n) is 4.57. The Kier molecular flexibility index (Phi) is 18.0. The van der Waals surface area contributed by atoms with Crippen LogP contribution in [-0.4, -0.2) is 5.54 Å². The normalized spacial score (nSPS) is 19.3. The van der Waals surface area contributed by atoms with Crippen LogP contribution in [-0.2, 0) is 20.9 Å². The maximum atomic E-state index is 4.07. The minimum absolute atomic E-state index is 0. The maximum Gasteiger partial charge on any atom is -0.0465 e. The molecule has 0 aliphatic heterocycles. The van der Waals surface area contributed by atoms with Gasteiger partial charge in [-0.3, -0.25) is 0 Å². The predicted molar refractivity (Wildman–Crippen MR) is 102 cm³/mol. The third kappa shape index (κ3) is 17.2. The quantitative estimate of drug-likeness (QED) is 0.335. The zero-order valence-corrected chi connectivity index (χ0v) is 19.0. The third-order valence-corrected chi connectivity index (χ3v) is 6.05. The predicted octanol–water partition coefficient (Wildman–Crippen LogP) is 7.55. The van der Waals surface area contributed by atoms with Crippen LogP contribution < -0.4 is 0 Å². The zero-order chi connectivity index (χ0) is 16.8. The van der Waals surface area contributed by atoms with Gasteiger partial charge in [0.15, 0.2) is 0 Å². The molecule has 0 bridgehead atoms. The second-order valence-electron chi connectivity index (χ2n) is 7.71. The Hall–Kier alpha value is 0.540. The van der Waals surface area contributed by atoms with E-state index in [2.05, 4.69) is 50.8 Å². The average molecular weight is 401 g/mol. The van der Waals surface area contributed by atoms with Crippen LogP contribution in [0.1, 0.15) is 98.8 Å². The van der Waals surface area contributed by atoms with Crippen LogP contribution in [0.15, 0.2) is 3.34 Å². The monoisotopic (exact) mass is 401 g/mol. The number of nitrogens with zero attached hydrogens (tertiary/aromatic N) is 1. The molecule has 0 aromatic carbocycles. The Balaban J connectivity index is 0. The summed E-state index contributed by atoms with van der Waals surface area (Å²) in [6.07, 6.45) is 19.0. The van der Waals surface area contributed by atoms with Gasteiger partial charge in [0.1, 0.15) is 0 Å². The van der Waals surface area contributed by atoms with E-state index in [1.165, 1.54) is 85.1 Å². The van der Waals surface area contributed by atoms with Gasteiger partial charge in [0, 0.05) is 0 Å². The van der Waals surface area contributed by atoms with Crippen LogP contribution in [0.25, 0.3) is 0 Å². The minimum atomic E-state index is 0. The molecule has 0 amide bonds. The van der Waals surface area contributed by atoms with Crippen LogP contribution in [0, 0.1) is 32.1 Å². The molecule has 0 spiro atoms. The summed E-state index contributed by atoms with van der Waals surface area (Å²) >= 11 is 1.52. The molecule has 0 N–H and O–H groups in total. The van der Waals surface area contributed by atoms with E-state index in [-0.39, 0.29) is 13.0 Å². The summed E-state index contributed by atoms with van der Waals surface area (Å²) in [5.41, 5.74) is 0.189. The summed E-state index contributed by atoms with van der Waals surface area (Å²) < 4.78 is 4.07. The van der Waals surface area contributed by atoms with Crippen LogP contribution in [0.3, 0.4) is 0 Å². The second kappa shape index (κ2) is 16.0. The van der Waals surface area contributed by atoms with E-state index in [0.717, 1.165) is 11.8 Å². The van der Waals surface area contributed by atoms with Gasteiger partial charge >= 0.3 is 50.5 Å². The number of hydrogen-bond acceptors (Lipinski definition) is 1. The molecule has 0 atom stereocenters. The summed E-state index contributed by atoms with van der Waals surface area (Å²) in [4.78, 5) is 0. The molecule has 2 fully saturated rings. The summed E-state index contributed by atoms with van der Waals surface area (Å²) in [5, 5.41) is 0. The fraction of sp³-hybridized carbons (Fsp3) is 0.857. The zero-order valence-electron chi connectivity index (χ0n) is 16.8. The Morgan fingerprint density at radius 1 is 0.826 bits per heavy atom. The van der Waals surface area contributed by atoms with Crippen LogP contribution in [0.4, 0.5) is 0 Å². The first kappa shape index (κ1) is 25.8. The average Bonchev–Trinajstić information content (AvgIpc) is 2.57. The van der Waals surface area contributed by atoms with Crippen molar-refractivity contribution in [2.24, 2.45) is 15.2 Å². The fourth-order valence-corrected chi connectivity index (χ4v) is 2.81. The molecule has 2 heteroatoms. The van der Waals surface area contributed by atoms with Crippen LogP contribution in [0.5, 0.6) is 0 Å². The van der Waals surface area contributed by atoms with E-state index in [0.29, 0.717) is 0 Å². The molecule has 23 heavy (non-hydrogen) atoms. The molecule has 0 unspecified atom stereocenters. The summed E-state index contributed by atoms with van der Waals surface area (Å²) in [6, 6.07) is 0.